The van der Waals surface area contributed by atoms with Gasteiger partial charge in [-0.1, -0.05) is 6.92 Å². The van der Waals surface area contributed by atoms with Gasteiger partial charge in [-0.25, -0.2) is 0 Å². The van der Waals surface area contributed by atoms with E-state index >= 15 is 0 Å². The van der Waals surface area contributed by atoms with Crippen LogP contribution in [0.15, 0.2) is 0 Å². The molecule has 1 fully saturated rings. The fourth-order valence-electron chi connectivity index (χ4n) is 2.28. The van der Waals surface area contributed by atoms with Crippen molar-refractivity contribution in [2.75, 3.05) is 38.7 Å². The number of aromatic nitrogens is 3. The number of piperidine rings is 1. The van der Waals surface area contributed by atoms with Crippen molar-refractivity contribution in [1.29, 1.82) is 0 Å². The summed E-state index contributed by atoms with van der Waals surface area (Å²) in [4.78, 5) is 17.0. The minimum atomic E-state index is 0.181. The third-order valence-electron chi connectivity index (χ3n) is 3.56. The van der Waals surface area contributed by atoms with Gasteiger partial charge in [0.15, 0.2) is 0 Å². The Morgan fingerprint density at radius 2 is 2.00 bits per heavy atom. The van der Waals surface area contributed by atoms with E-state index in [2.05, 4.69) is 31.8 Å². The van der Waals surface area contributed by atoms with Gasteiger partial charge in [-0.05, 0) is 51.0 Å². The average Bonchev–Trinajstić information content (AvgIpc) is 2.44. The number of hydrogen-bond donors (Lipinski definition) is 0. The monoisotopic (exact) mass is 299 g/mol. The molecule has 0 spiro atoms. The fraction of sp³-hybridized carbons (Fsp3) is 0.769. The van der Waals surface area contributed by atoms with E-state index in [9.17, 15) is 0 Å². The summed E-state index contributed by atoms with van der Waals surface area (Å²) in [6.07, 6.45) is 3.10. The fourth-order valence-corrected chi connectivity index (χ4v) is 2.43. The Bertz CT molecular complexity index is 437. The maximum Gasteiger partial charge on any atom is 0.322 e. The minimum Gasteiger partial charge on any atom is -0.463 e. The highest BCUT2D eigenvalue weighted by Crippen LogP contribution is 2.21. The second-order valence-corrected chi connectivity index (χ2v) is 5.52. The van der Waals surface area contributed by atoms with Crippen LogP contribution in [-0.4, -0.2) is 59.7 Å². The molecule has 112 valence electrons. The molecule has 2 heterocycles. The summed E-state index contributed by atoms with van der Waals surface area (Å²) in [6.45, 7) is 4.80. The van der Waals surface area contributed by atoms with E-state index < -0.39 is 0 Å². The van der Waals surface area contributed by atoms with Crippen LogP contribution < -0.4 is 9.64 Å². The summed E-state index contributed by atoms with van der Waals surface area (Å²) in [5.74, 6) is 0.589. The zero-order chi connectivity index (χ0) is 14.5. The van der Waals surface area contributed by atoms with Gasteiger partial charge in [0.1, 0.15) is 0 Å². The van der Waals surface area contributed by atoms with Crippen molar-refractivity contribution in [3.05, 3.63) is 5.28 Å². The zero-order valence-corrected chi connectivity index (χ0v) is 13.1. The molecule has 0 amide bonds. The van der Waals surface area contributed by atoms with Gasteiger partial charge in [-0.2, -0.15) is 15.0 Å². The first kappa shape index (κ1) is 15.3. The van der Waals surface area contributed by atoms with Crippen LogP contribution >= 0.6 is 11.6 Å². The van der Waals surface area contributed by atoms with E-state index in [0.29, 0.717) is 24.6 Å². The second kappa shape index (κ2) is 7.04. The first-order valence-corrected chi connectivity index (χ1v) is 7.43. The molecule has 1 saturated heterocycles. The van der Waals surface area contributed by atoms with E-state index in [0.717, 1.165) is 32.4 Å². The summed E-state index contributed by atoms with van der Waals surface area (Å²) in [5, 5.41) is 0.181. The summed E-state index contributed by atoms with van der Waals surface area (Å²) >= 11 is 5.96. The lowest BCUT2D eigenvalue weighted by atomic mass is 10.0. The zero-order valence-electron chi connectivity index (χ0n) is 12.3. The van der Waals surface area contributed by atoms with E-state index in [4.69, 9.17) is 16.3 Å². The molecule has 0 aliphatic carbocycles. The quantitative estimate of drug-likeness (QED) is 0.827. The van der Waals surface area contributed by atoms with Gasteiger partial charge in [-0.3, -0.25) is 0 Å². The highest BCUT2D eigenvalue weighted by atomic mass is 35.5. The van der Waals surface area contributed by atoms with E-state index in [1.807, 2.05) is 14.0 Å². The molecule has 7 heteroatoms. The summed E-state index contributed by atoms with van der Waals surface area (Å²) < 4.78 is 5.45. The first-order valence-electron chi connectivity index (χ1n) is 7.06. The maximum absolute atomic E-state index is 5.96. The number of halogens is 1. The van der Waals surface area contributed by atoms with Crippen molar-refractivity contribution in [3.8, 4) is 6.01 Å². The Kier molecular flexibility index (Phi) is 5.37. The van der Waals surface area contributed by atoms with Crippen LogP contribution in [0.1, 0.15) is 26.2 Å². The van der Waals surface area contributed by atoms with Gasteiger partial charge in [-0.15, -0.1) is 0 Å². The largest absolute Gasteiger partial charge is 0.463 e. The molecule has 0 saturated carbocycles. The molecule has 1 aliphatic rings. The van der Waals surface area contributed by atoms with E-state index in [1.165, 1.54) is 0 Å². The van der Waals surface area contributed by atoms with Crippen molar-refractivity contribution in [2.45, 2.75) is 32.2 Å². The van der Waals surface area contributed by atoms with Crippen molar-refractivity contribution in [1.82, 2.24) is 19.9 Å². The number of rotatable bonds is 5. The smallest absolute Gasteiger partial charge is 0.322 e. The highest BCUT2D eigenvalue weighted by Gasteiger charge is 2.23. The third kappa shape index (κ3) is 3.93. The number of hydrogen-bond acceptors (Lipinski definition) is 6. The molecule has 6 nitrogen and oxygen atoms in total. The molecule has 1 aromatic rings. The van der Waals surface area contributed by atoms with Gasteiger partial charge < -0.3 is 14.5 Å². The molecular weight excluding hydrogens is 278 g/mol. The van der Waals surface area contributed by atoms with Gasteiger partial charge in [0.25, 0.3) is 0 Å². The van der Waals surface area contributed by atoms with Gasteiger partial charge in [0, 0.05) is 13.1 Å². The number of ether oxygens (including phenoxy) is 1. The normalized spacial score (nSPS) is 17.2. The Hall–Kier alpha value is -1.14. The first-order chi connectivity index (χ1) is 9.60. The number of likely N-dealkylation sites (tertiary alicyclic amines) is 1. The SMILES string of the molecule is CCCOc1nc(Cl)nc(N(C)C2CCN(C)CC2)n1. The Morgan fingerprint density at radius 1 is 1.30 bits per heavy atom. The predicted molar refractivity (Wildman–Crippen MR) is 79.5 cm³/mol. The Morgan fingerprint density at radius 3 is 2.65 bits per heavy atom. The molecular formula is C13H22ClN5O. The predicted octanol–water partition coefficient (Wildman–Crippen LogP) is 1.84. The summed E-state index contributed by atoms with van der Waals surface area (Å²) in [6, 6.07) is 0.741. The lowest BCUT2D eigenvalue weighted by Gasteiger charge is -2.35. The average molecular weight is 300 g/mol. The van der Waals surface area contributed by atoms with Gasteiger partial charge in [0.05, 0.1) is 6.61 Å². The second-order valence-electron chi connectivity index (χ2n) is 5.18. The van der Waals surface area contributed by atoms with Crippen molar-refractivity contribution in [2.24, 2.45) is 0 Å². The van der Waals surface area contributed by atoms with Crippen molar-refractivity contribution in [3.63, 3.8) is 0 Å². The molecule has 0 aromatic carbocycles. The van der Waals surface area contributed by atoms with Crippen LogP contribution in [0.4, 0.5) is 5.95 Å². The maximum atomic E-state index is 5.96. The summed E-state index contributed by atoms with van der Waals surface area (Å²) in [5.41, 5.74) is 0. The third-order valence-corrected chi connectivity index (χ3v) is 3.73. The molecule has 1 aliphatic heterocycles. The van der Waals surface area contributed by atoms with Crippen LogP contribution in [-0.2, 0) is 0 Å². The highest BCUT2D eigenvalue weighted by molar-refractivity contribution is 6.28. The lowest BCUT2D eigenvalue weighted by Crippen LogP contribution is -2.42. The van der Waals surface area contributed by atoms with Crippen LogP contribution in [0.25, 0.3) is 0 Å². The molecule has 0 bridgehead atoms. The van der Waals surface area contributed by atoms with Crippen LogP contribution in [0, 0.1) is 0 Å². The Balaban J connectivity index is 2.08. The topological polar surface area (TPSA) is 54.4 Å². The lowest BCUT2D eigenvalue weighted by molar-refractivity contribution is 0.251. The van der Waals surface area contributed by atoms with Gasteiger partial charge >= 0.3 is 6.01 Å². The summed E-state index contributed by atoms with van der Waals surface area (Å²) in [7, 11) is 4.15. The van der Waals surface area contributed by atoms with Crippen molar-refractivity contribution < 1.29 is 4.74 Å². The van der Waals surface area contributed by atoms with E-state index in [-0.39, 0.29) is 5.28 Å². The number of nitrogens with zero attached hydrogens (tertiary/aromatic N) is 5. The molecule has 1 aromatic heterocycles. The Labute approximate surface area is 125 Å². The van der Waals surface area contributed by atoms with Gasteiger partial charge in [0.2, 0.25) is 11.2 Å². The molecule has 0 radical (unpaired) electrons. The molecule has 2 rings (SSSR count). The van der Waals surface area contributed by atoms with Crippen LogP contribution in [0.2, 0.25) is 5.28 Å². The van der Waals surface area contributed by atoms with Crippen LogP contribution in [0.3, 0.4) is 0 Å². The number of anilines is 1. The van der Waals surface area contributed by atoms with E-state index in [1.54, 1.807) is 0 Å². The van der Waals surface area contributed by atoms with Crippen LogP contribution in [0.5, 0.6) is 6.01 Å². The molecule has 0 unspecified atom stereocenters. The minimum absolute atomic E-state index is 0.181. The standard InChI is InChI=1S/C13H22ClN5O/c1-4-9-20-13-16-11(14)15-12(17-13)19(3)10-5-7-18(2)8-6-10/h10H,4-9H2,1-3H3. The molecule has 0 atom stereocenters. The van der Waals surface area contributed by atoms with Crippen molar-refractivity contribution >= 4 is 17.5 Å². The molecule has 20 heavy (non-hydrogen) atoms. The molecule has 0 N–H and O–H groups in total.